The van der Waals surface area contributed by atoms with Crippen LogP contribution >= 0.6 is 0 Å². The summed E-state index contributed by atoms with van der Waals surface area (Å²) in [5.41, 5.74) is 1.81. The number of fused-ring (bicyclic) bond motifs is 3. The van der Waals surface area contributed by atoms with Gasteiger partial charge in [-0.1, -0.05) is 12.2 Å². The van der Waals surface area contributed by atoms with Gasteiger partial charge in [-0.15, -0.1) is 0 Å². The molecule has 0 bridgehead atoms. The zero-order valence-corrected chi connectivity index (χ0v) is 10.0. The quantitative estimate of drug-likeness (QED) is 0.706. The fourth-order valence-corrected chi connectivity index (χ4v) is 2.97. The van der Waals surface area contributed by atoms with Crippen molar-refractivity contribution in [2.45, 2.75) is 18.4 Å². The highest BCUT2D eigenvalue weighted by atomic mass is 16.4. The van der Waals surface area contributed by atoms with Gasteiger partial charge in [0.25, 0.3) is 0 Å². The number of hydrogen-bond acceptors (Lipinski definition) is 3. The average molecular weight is 259 g/mol. The molecular formula is C14H13NO4. The molecule has 5 heteroatoms. The molecule has 1 aromatic rings. The average Bonchev–Trinajstić information content (AvgIpc) is 2.86. The second-order valence-corrected chi connectivity index (χ2v) is 4.92. The van der Waals surface area contributed by atoms with Crippen LogP contribution in [0.2, 0.25) is 0 Å². The third-order valence-electron chi connectivity index (χ3n) is 3.88. The van der Waals surface area contributed by atoms with Gasteiger partial charge in [0.15, 0.2) is 0 Å². The van der Waals surface area contributed by atoms with Crippen LogP contribution in [-0.2, 0) is 4.79 Å². The summed E-state index contributed by atoms with van der Waals surface area (Å²) in [6.07, 6.45) is 4.65. The van der Waals surface area contributed by atoms with Crippen molar-refractivity contribution in [1.29, 1.82) is 0 Å². The molecule has 5 nitrogen and oxygen atoms in total. The van der Waals surface area contributed by atoms with Gasteiger partial charge in [-0.3, -0.25) is 0 Å². The van der Waals surface area contributed by atoms with Crippen LogP contribution in [0.3, 0.4) is 0 Å². The van der Waals surface area contributed by atoms with E-state index < -0.39 is 18.0 Å². The van der Waals surface area contributed by atoms with Gasteiger partial charge in [-0.2, -0.15) is 0 Å². The van der Waals surface area contributed by atoms with E-state index in [1.807, 2.05) is 12.2 Å². The molecule has 98 valence electrons. The van der Waals surface area contributed by atoms with E-state index in [4.69, 9.17) is 5.11 Å². The maximum Gasteiger partial charge on any atom is 0.335 e. The Hall–Kier alpha value is -2.30. The van der Waals surface area contributed by atoms with Crippen molar-refractivity contribution in [2.75, 3.05) is 5.32 Å². The van der Waals surface area contributed by atoms with Crippen LogP contribution in [0.5, 0.6) is 0 Å². The molecule has 19 heavy (non-hydrogen) atoms. The first kappa shape index (κ1) is 11.8. The predicted molar refractivity (Wildman–Crippen MR) is 68.4 cm³/mol. The molecule has 0 fully saturated rings. The Morgan fingerprint density at radius 2 is 2.05 bits per heavy atom. The van der Waals surface area contributed by atoms with Crippen LogP contribution in [0.4, 0.5) is 5.69 Å². The van der Waals surface area contributed by atoms with Crippen molar-refractivity contribution in [3.05, 3.63) is 41.5 Å². The standard InChI is InChI=1S/C14H13NO4/c16-13(17)7-4-5-11-10(6-7)8-2-1-3-9(8)12(15-11)14(18)19/h1-2,4-6,8-9,12,15H,3H2,(H,16,17)(H,18,19)/t8-,9-,12+/m1/s1. The molecule has 3 N–H and O–H groups in total. The Morgan fingerprint density at radius 1 is 1.26 bits per heavy atom. The summed E-state index contributed by atoms with van der Waals surface area (Å²) in [7, 11) is 0. The van der Waals surface area contributed by atoms with Crippen molar-refractivity contribution >= 4 is 17.6 Å². The van der Waals surface area contributed by atoms with E-state index in [9.17, 15) is 14.7 Å². The fourth-order valence-electron chi connectivity index (χ4n) is 2.97. The Morgan fingerprint density at radius 3 is 2.74 bits per heavy atom. The second kappa shape index (κ2) is 4.12. The Labute approximate surface area is 109 Å². The smallest absolute Gasteiger partial charge is 0.335 e. The number of hydrogen-bond donors (Lipinski definition) is 3. The molecule has 1 aromatic carbocycles. The number of allylic oxidation sites excluding steroid dienone is 2. The minimum atomic E-state index is -0.971. The number of benzene rings is 1. The molecular weight excluding hydrogens is 246 g/mol. The SMILES string of the molecule is O=C(O)c1ccc2c(c1)[C@@H]1C=CC[C@H]1[C@@H](C(=O)O)N2. The minimum Gasteiger partial charge on any atom is -0.480 e. The summed E-state index contributed by atoms with van der Waals surface area (Å²) in [5, 5.41) is 21.3. The molecule has 1 heterocycles. The number of aliphatic carboxylic acids is 1. The lowest BCUT2D eigenvalue weighted by atomic mass is 9.79. The summed E-state index contributed by atoms with van der Waals surface area (Å²) in [6.45, 7) is 0. The molecule has 0 saturated heterocycles. The molecule has 3 atom stereocenters. The van der Waals surface area contributed by atoms with Crippen LogP contribution in [-0.4, -0.2) is 28.2 Å². The lowest BCUT2D eigenvalue weighted by Gasteiger charge is -2.34. The first-order chi connectivity index (χ1) is 9.08. The van der Waals surface area contributed by atoms with E-state index in [1.165, 1.54) is 6.07 Å². The highest BCUT2D eigenvalue weighted by Crippen LogP contribution is 2.44. The lowest BCUT2D eigenvalue weighted by molar-refractivity contribution is -0.139. The van der Waals surface area contributed by atoms with Crippen LogP contribution in [0.15, 0.2) is 30.4 Å². The van der Waals surface area contributed by atoms with Gasteiger partial charge in [0.2, 0.25) is 0 Å². The van der Waals surface area contributed by atoms with Crippen LogP contribution in [0.25, 0.3) is 0 Å². The number of nitrogens with one attached hydrogen (secondary N) is 1. The molecule has 0 unspecified atom stereocenters. The van der Waals surface area contributed by atoms with Crippen molar-refractivity contribution < 1.29 is 19.8 Å². The van der Waals surface area contributed by atoms with Gasteiger partial charge in [0.1, 0.15) is 6.04 Å². The van der Waals surface area contributed by atoms with E-state index in [1.54, 1.807) is 12.1 Å². The second-order valence-electron chi connectivity index (χ2n) is 4.92. The highest BCUT2D eigenvalue weighted by molar-refractivity contribution is 5.89. The molecule has 1 aliphatic carbocycles. The Balaban J connectivity index is 2.08. The number of anilines is 1. The first-order valence-corrected chi connectivity index (χ1v) is 6.11. The summed E-state index contributed by atoms with van der Waals surface area (Å²) < 4.78 is 0. The zero-order valence-electron chi connectivity index (χ0n) is 10.0. The van der Waals surface area contributed by atoms with Crippen molar-refractivity contribution in [2.24, 2.45) is 5.92 Å². The topological polar surface area (TPSA) is 86.6 Å². The molecule has 2 aliphatic rings. The van der Waals surface area contributed by atoms with Crippen molar-refractivity contribution in [1.82, 2.24) is 0 Å². The number of carboxylic acids is 2. The maximum absolute atomic E-state index is 11.3. The normalized spacial score (nSPS) is 27.3. The molecule has 0 radical (unpaired) electrons. The highest BCUT2D eigenvalue weighted by Gasteiger charge is 2.40. The van der Waals surface area contributed by atoms with Crippen LogP contribution in [0.1, 0.15) is 28.3 Å². The monoisotopic (exact) mass is 259 g/mol. The Kier molecular flexibility index (Phi) is 2.55. The molecule has 3 rings (SSSR count). The third kappa shape index (κ3) is 1.78. The molecule has 0 saturated carbocycles. The number of carbonyl (C=O) groups is 2. The van der Waals surface area contributed by atoms with Gasteiger partial charge < -0.3 is 15.5 Å². The van der Waals surface area contributed by atoms with Crippen molar-refractivity contribution in [3.8, 4) is 0 Å². The molecule has 1 aliphatic heterocycles. The van der Waals surface area contributed by atoms with E-state index in [0.717, 1.165) is 5.56 Å². The summed E-state index contributed by atoms with van der Waals surface area (Å²) in [5.74, 6) is -1.90. The van der Waals surface area contributed by atoms with E-state index >= 15 is 0 Å². The first-order valence-electron chi connectivity index (χ1n) is 6.11. The molecule has 0 aromatic heterocycles. The Bertz CT molecular complexity index is 593. The molecule has 0 amide bonds. The third-order valence-corrected chi connectivity index (χ3v) is 3.88. The van der Waals surface area contributed by atoms with E-state index in [0.29, 0.717) is 12.1 Å². The van der Waals surface area contributed by atoms with Crippen LogP contribution in [0, 0.1) is 5.92 Å². The van der Waals surface area contributed by atoms with Gasteiger partial charge in [0.05, 0.1) is 5.56 Å². The van der Waals surface area contributed by atoms with Crippen LogP contribution < -0.4 is 5.32 Å². The summed E-state index contributed by atoms with van der Waals surface area (Å²) in [4.78, 5) is 22.3. The van der Waals surface area contributed by atoms with E-state index in [2.05, 4.69) is 5.32 Å². The summed E-state index contributed by atoms with van der Waals surface area (Å²) >= 11 is 0. The van der Waals surface area contributed by atoms with Gasteiger partial charge >= 0.3 is 11.9 Å². The number of rotatable bonds is 2. The van der Waals surface area contributed by atoms with Gasteiger partial charge in [0, 0.05) is 17.5 Å². The predicted octanol–water partition coefficient (Wildman–Crippen LogP) is 1.92. The molecule has 0 spiro atoms. The minimum absolute atomic E-state index is 0.0170. The largest absolute Gasteiger partial charge is 0.480 e. The summed E-state index contributed by atoms with van der Waals surface area (Å²) in [6, 6.07) is 4.15. The van der Waals surface area contributed by atoms with Crippen molar-refractivity contribution in [3.63, 3.8) is 0 Å². The lowest BCUT2D eigenvalue weighted by Crippen LogP contribution is -2.41. The number of aromatic carboxylic acids is 1. The maximum atomic E-state index is 11.3. The fraction of sp³-hybridized carbons (Fsp3) is 0.286. The zero-order chi connectivity index (χ0) is 13.6. The van der Waals surface area contributed by atoms with E-state index in [-0.39, 0.29) is 17.4 Å². The van der Waals surface area contributed by atoms with Gasteiger partial charge in [-0.25, -0.2) is 9.59 Å². The van der Waals surface area contributed by atoms with Gasteiger partial charge in [-0.05, 0) is 30.2 Å². The number of carboxylic acid groups (broad SMARTS) is 2.